The third-order valence-corrected chi connectivity index (χ3v) is 2.27. The molecule has 1 fully saturated rings. The highest BCUT2D eigenvalue weighted by atomic mass is 19.3. The first kappa shape index (κ1) is 10.1. The molecule has 1 rings (SSSR count). The number of nitrogens with zero attached hydrogens (tertiary/aromatic N) is 1. The van der Waals surface area contributed by atoms with E-state index in [4.69, 9.17) is 12.3 Å². The molecule has 5 heteroatoms. The maximum atomic E-state index is 12.8. The van der Waals surface area contributed by atoms with E-state index in [1.54, 1.807) is 0 Å². The number of rotatable bonds is 2. The SMILES string of the molecule is [C-]#[N+][C@@H]1CC(F)(F)CC1C(=O)CN. The van der Waals surface area contributed by atoms with Crippen molar-refractivity contribution in [2.45, 2.75) is 24.8 Å². The van der Waals surface area contributed by atoms with Gasteiger partial charge in [-0.2, -0.15) is 0 Å². The van der Waals surface area contributed by atoms with Gasteiger partial charge in [0.05, 0.1) is 18.9 Å². The lowest BCUT2D eigenvalue weighted by atomic mass is 9.99. The van der Waals surface area contributed by atoms with Crippen molar-refractivity contribution in [2.75, 3.05) is 6.54 Å². The van der Waals surface area contributed by atoms with Crippen molar-refractivity contribution in [3.63, 3.8) is 0 Å². The van der Waals surface area contributed by atoms with Crippen LogP contribution in [0.5, 0.6) is 0 Å². The van der Waals surface area contributed by atoms with E-state index in [2.05, 4.69) is 4.85 Å². The molecule has 0 heterocycles. The number of nitrogens with two attached hydrogens (primary N) is 1. The molecule has 0 aromatic rings. The van der Waals surface area contributed by atoms with Gasteiger partial charge in [-0.25, -0.2) is 15.4 Å². The average Bonchev–Trinajstić information content (AvgIpc) is 2.39. The van der Waals surface area contributed by atoms with Gasteiger partial charge in [0.1, 0.15) is 0 Å². The van der Waals surface area contributed by atoms with E-state index in [0.29, 0.717) is 0 Å². The van der Waals surface area contributed by atoms with Gasteiger partial charge in [-0.3, -0.25) is 4.79 Å². The number of hydrogen-bond acceptors (Lipinski definition) is 2. The summed E-state index contributed by atoms with van der Waals surface area (Å²) in [5, 5.41) is 0. The summed E-state index contributed by atoms with van der Waals surface area (Å²) in [6.45, 7) is 6.42. The van der Waals surface area contributed by atoms with E-state index in [1.165, 1.54) is 0 Å². The van der Waals surface area contributed by atoms with Crippen LogP contribution in [0.3, 0.4) is 0 Å². The molecule has 0 bridgehead atoms. The zero-order valence-corrected chi connectivity index (χ0v) is 6.96. The minimum atomic E-state index is -2.87. The van der Waals surface area contributed by atoms with Crippen molar-refractivity contribution in [3.05, 3.63) is 11.4 Å². The van der Waals surface area contributed by atoms with Crippen LogP contribution in [0.15, 0.2) is 0 Å². The van der Waals surface area contributed by atoms with E-state index >= 15 is 0 Å². The number of Topliss-reactive ketones (excluding diaryl/α,β-unsaturated/α-hetero) is 1. The first-order valence-corrected chi connectivity index (χ1v) is 3.97. The Morgan fingerprint density at radius 1 is 1.62 bits per heavy atom. The van der Waals surface area contributed by atoms with Crippen molar-refractivity contribution in [3.8, 4) is 0 Å². The van der Waals surface area contributed by atoms with Gasteiger partial charge in [0, 0.05) is 6.42 Å². The second-order valence-corrected chi connectivity index (χ2v) is 3.24. The molecule has 13 heavy (non-hydrogen) atoms. The van der Waals surface area contributed by atoms with Crippen LogP contribution in [0, 0.1) is 12.5 Å². The van der Waals surface area contributed by atoms with Crippen LogP contribution in [-0.2, 0) is 4.79 Å². The highest BCUT2D eigenvalue weighted by molar-refractivity contribution is 5.84. The number of ketones is 1. The molecule has 3 nitrogen and oxygen atoms in total. The molecule has 0 radical (unpaired) electrons. The summed E-state index contributed by atoms with van der Waals surface area (Å²) in [5.41, 5.74) is 5.06. The molecule has 2 N–H and O–H groups in total. The van der Waals surface area contributed by atoms with Crippen LogP contribution in [0.25, 0.3) is 4.85 Å². The standard InChI is InChI=1S/C8H10F2N2O/c1-12-6-3-8(9,10)2-5(6)7(13)4-11/h5-6H,2-4,11H2/t5?,6-/m1/s1. The Balaban J connectivity index is 2.76. The molecular formula is C8H10F2N2O. The van der Waals surface area contributed by atoms with E-state index in [1.807, 2.05) is 0 Å². The Bertz CT molecular complexity index is 259. The zero-order valence-electron chi connectivity index (χ0n) is 6.96. The van der Waals surface area contributed by atoms with Crippen LogP contribution < -0.4 is 5.73 Å². The van der Waals surface area contributed by atoms with Crippen LogP contribution >= 0.6 is 0 Å². The summed E-state index contributed by atoms with van der Waals surface area (Å²) >= 11 is 0. The quantitative estimate of drug-likeness (QED) is 0.653. The molecule has 1 saturated carbocycles. The van der Waals surface area contributed by atoms with Crippen LogP contribution in [0.2, 0.25) is 0 Å². The number of hydrogen-bond donors (Lipinski definition) is 1. The lowest BCUT2D eigenvalue weighted by Crippen LogP contribution is -2.27. The Morgan fingerprint density at radius 2 is 2.23 bits per heavy atom. The van der Waals surface area contributed by atoms with Gasteiger partial charge in [-0.05, 0) is 0 Å². The second kappa shape index (κ2) is 3.38. The van der Waals surface area contributed by atoms with Crippen molar-refractivity contribution >= 4 is 5.78 Å². The predicted molar refractivity (Wildman–Crippen MR) is 42.1 cm³/mol. The van der Waals surface area contributed by atoms with Gasteiger partial charge in [0.15, 0.2) is 5.78 Å². The smallest absolute Gasteiger partial charge is 0.256 e. The Morgan fingerprint density at radius 3 is 2.69 bits per heavy atom. The van der Waals surface area contributed by atoms with Crippen LogP contribution in [0.1, 0.15) is 12.8 Å². The topological polar surface area (TPSA) is 47.5 Å². The Labute approximate surface area is 74.7 Å². The number of halogens is 2. The first-order valence-electron chi connectivity index (χ1n) is 3.97. The predicted octanol–water partition coefficient (Wildman–Crippen LogP) is 0.847. The average molecular weight is 188 g/mol. The highest BCUT2D eigenvalue weighted by Crippen LogP contribution is 2.41. The molecule has 1 aliphatic rings. The fourth-order valence-electron chi connectivity index (χ4n) is 1.60. The summed E-state index contributed by atoms with van der Waals surface area (Å²) < 4.78 is 25.6. The van der Waals surface area contributed by atoms with Gasteiger partial charge < -0.3 is 10.6 Å². The van der Waals surface area contributed by atoms with Crippen LogP contribution in [-0.4, -0.2) is 24.3 Å². The Kier molecular flexibility index (Phi) is 2.62. The van der Waals surface area contributed by atoms with Crippen molar-refractivity contribution in [1.29, 1.82) is 0 Å². The number of carbonyl (C=O) groups is 1. The van der Waals surface area contributed by atoms with Crippen molar-refractivity contribution in [2.24, 2.45) is 11.7 Å². The van der Waals surface area contributed by atoms with Crippen LogP contribution in [0.4, 0.5) is 8.78 Å². The second-order valence-electron chi connectivity index (χ2n) is 3.24. The van der Waals surface area contributed by atoms with E-state index < -0.39 is 36.5 Å². The third kappa shape index (κ3) is 2.01. The lowest BCUT2D eigenvalue weighted by Gasteiger charge is -2.06. The van der Waals surface area contributed by atoms with Crippen molar-refractivity contribution < 1.29 is 13.6 Å². The first-order chi connectivity index (χ1) is 6.00. The van der Waals surface area contributed by atoms with E-state index in [0.717, 1.165) is 0 Å². The fourth-order valence-corrected chi connectivity index (χ4v) is 1.60. The fraction of sp³-hybridized carbons (Fsp3) is 0.750. The molecule has 0 aromatic heterocycles. The molecule has 0 saturated heterocycles. The van der Waals surface area contributed by atoms with Gasteiger partial charge in [-0.1, -0.05) is 0 Å². The summed E-state index contributed by atoms with van der Waals surface area (Å²) in [6.07, 6.45) is -1.02. The van der Waals surface area contributed by atoms with Gasteiger partial charge >= 0.3 is 0 Å². The summed E-state index contributed by atoms with van der Waals surface area (Å²) in [4.78, 5) is 14.1. The molecule has 0 aromatic carbocycles. The van der Waals surface area contributed by atoms with E-state index in [9.17, 15) is 13.6 Å². The molecule has 0 spiro atoms. The molecule has 0 aliphatic heterocycles. The summed E-state index contributed by atoms with van der Waals surface area (Å²) in [5.74, 6) is -4.17. The van der Waals surface area contributed by atoms with Crippen molar-refractivity contribution in [1.82, 2.24) is 0 Å². The van der Waals surface area contributed by atoms with Gasteiger partial charge in [-0.15, -0.1) is 0 Å². The minimum absolute atomic E-state index is 0.257. The monoisotopic (exact) mass is 188 g/mol. The maximum absolute atomic E-state index is 12.8. The molecule has 0 amide bonds. The third-order valence-electron chi connectivity index (χ3n) is 2.27. The largest absolute Gasteiger partial charge is 0.324 e. The highest BCUT2D eigenvalue weighted by Gasteiger charge is 2.52. The number of carbonyl (C=O) groups excluding carboxylic acids is 1. The normalized spacial score (nSPS) is 31.2. The summed E-state index contributed by atoms with van der Waals surface area (Å²) in [6, 6.07) is -0.883. The van der Waals surface area contributed by atoms with Gasteiger partial charge in [0.2, 0.25) is 6.04 Å². The number of alkyl halides is 2. The lowest BCUT2D eigenvalue weighted by molar-refractivity contribution is -0.122. The molecule has 1 unspecified atom stereocenters. The Hall–Kier alpha value is -1.02. The molecule has 1 aliphatic carbocycles. The van der Waals surface area contributed by atoms with E-state index in [-0.39, 0.29) is 6.54 Å². The van der Waals surface area contributed by atoms with Gasteiger partial charge in [0.25, 0.3) is 5.92 Å². The zero-order chi connectivity index (χ0) is 10.1. The molecular weight excluding hydrogens is 178 g/mol. The molecule has 72 valence electrons. The molecule has 2 atom stereocenters. The minimum Gasteiger partial charge on any atom is -0.324 e. The summed E-state index contributed by atoms with van der Waals surface area (Å²) in [7, 11) is 0. The maximum Gasteiger partial charge on any atom is 0.256 e.